The number of fused-ring (bicyclic) bond motifs is 1. The molecular formula is C25H20ClF2N5O. The van der Waals surface area contributed by atoms with E-state index in [9.17, 15) is 8.78 Å². The minimum Gasteiger partial charge on any atom is -0.495 e. The van der Waals surface area contributed by atoms with E-state index in [-0.39, 0.29) is 5.56 Å². The second-order valence-electron chi connectivity index (χ2n) is 8.00. The highest BCUT2D eigenvalue weighted by molar-refractivity contribution is 6.30. The molecule has 3 aromatic rings. The predicted octanol–water partition coefficient (Wildman–Crippen LogP) is 6.09. The summed E-state index contributed by atoms with van der Waals surface area (Å²) in [6.07, 6.45) is 5.27. The lowest BCUT2D eigenvalue weighted by Gasteiger charge is -2.20. The van der Waals surface area contributed by atoms with Crippen LogP contribution in [0.4, 0.5) is 8.78 Å². The van der Waals surface area contributed by atoms with E-state index in [1.807, 2.05) is 35.9 Å². The molecule has 0 aliphatic carbocycles. The van der Waals surface area contributed by atoms with E-state index in [1.165, 1.54) is 6.07 Å². The molecule has 1 aromatic heterocycles. The summed E-state index contributed by atoms with van der Waals surface area (Å²) in [5, 5.41) is 9.17. The van der Waals surface area contributed by atoms with Gasteiger partial charge in [0, 0.05) is 29.1 Å². The van der Waals surface area contributed by atoms with Crippen LogP contribution in [0.25, 0.3) is 28.3 Å². The highest BCUT2D eigenvalue weighted by Gasteiger charge is 2.24. The van der Waals surface area contributed by atoms with Crippen molar-refractivity contribution in [2.24, 2.45) is 0 Å². The summed E-state index contributed by atoms with van der Waals surface area (Å²) in [6.45, 7) is 3.67. The summed E-state index contributed by atoms with van der Waals surface area (Å²) in [5.41, 5.74) is 3.98. The van der Waals surface area contributed by atoms with Gasteiger partial charge < -0.3 is 13.9 Å². The average Bonchev–Trinajstić information content (AvgIpc) is 3.45. The molecule has 0 spiro atoms. The summed E-state index contributed by atoms with van der Waals surface area (Å²) < 4.78 is 37.5. The lowest BCUT2D eigenvalue weighted by atomic mass is 10.0. The van der Waals surface area contributed by atoms with Crippen molar-refractivity contribution in [2.45, 2.75) is 19.9 Å². The number of hydrogen-bond acceptors (Lipinski definition) is 4. The fourth-order valence-corrected chi connectivity index (χ4v) is 4.30. The van der Waals surface area contributed by atoms with Crippen LogP contribution in [-0.2, 0) is 0 Å². The first-order valence-corrected chi connectivity index (χ1v) is 10.9. The van der Waals surface area contributed by atoms with E-state index < -0.39 is 17.7 Å². The van der Waals surface area contributed by atoms with Crippen LogP contribution >= 0.6 is 11.6 Å². The van der Waals surface area contributed by atoms with Crippen LogP contribution in [0.3, 0.4) is 0 Å². The van der Waals surface area contributed by atoms with E-state index in [0.717, 1.165) is 29.1 Å². The summed E-state index contributed by atoms with van der Waals surface area (Å²) >= 11 is 6.43. The van der Waals surface area contributed by atoms with Crippen LogP contribution < -0.4 is 4.74 Å². The van der Waals surface area contributed by atoms with Crippen molar-refractivity contribution in [3.05, 3.63) is 89.1 Å². The molecule has 172 valence electrons. The number of nitrogens with zero attached hydrogens (tertiary/aromatic N) is 5. The van der Waals surface area contributed by atoms with E-state index in [4.69, 9.17) is 16.3 Å². The number of benzene rings is 2. The molecule has 2 aliphatic rings. The van der Waals surface area contributed by atoms with Crippen molar-refractivity contribution >= 4 is 11.6 Å². The van der Waals surface area contributed by atoms with Gasteiger partial charge in [0.1, 0.15) is 23.1 Å². The molecule has 34 heavy (non-hydrogen) atoms. The van der Waals surface area contributed by atoms with Gasteiger partial charge in [0.05, 0.1) is 35.9 Å². The molecule has 0 saturated heterocycles. The predicted molar refractivity (Wildman–Crippen MR) is 126 cm³/mol. The highest BCUT2D eigenvalue weighted by atomic mass is 35.5. The molecule has 0 N–H and O–H groups in total. The Morgan fingerprint density at radius 2 is 1.85 bits per heavy atom. The zero-order valence-electron chi connectivity index (χ0n) is 18.6. The van der Waals surface area contributed by atoms with Crippen LogP contribution in [0.15, 0.2) is 61.2 Å². The fraction of sp³-hybridized carbons (Fsp3) is 0.160. The van der Waals surface area contributed by atoms with Crippen LogP contribution in [0, 0.1) is 18.6 Å². The van der Waals surface area contributed by atoms with E-state index >= 15 is 0 Å². The highest BCUT2D eigenvalue weighted by Crippen LogP contribution is 2.38. The van der Waals surface area contributed by atoms with Crippen LogP contribution in [-0.4, -0.2) is 31.4 Å². The van der Waals surface area contributed by atoms with Gasteiger partial charge in [0.2, 0.25) is 0 Å². The minimum atomic E-state index is -0.567. The maximum atomic E-state index is 14.5. The summed E-state index contributed by atoms with van der Waals surface area (Å²) in [7, 11) is 1.60. The standard InChI is InChI=1S/C25H20ClF2N5O/c1-14-11-32(13-29-14)22-7-4-16(8-23(22)34-3)24-20-9-17(26)12-33(25(20)31-30-24)15(2)19-10-18(27)5-6-21(19)28/h4-13,15H,1-3H3/t15-/m0/s1. The molecule has 2 aromatic carbocycles. The Balaban J connectivity index is 1.58. The zero-order valence-corrected chi connectivity index (χ0v) is 19.4. The number of imidazole rings is 1. The van der Waals surface area contributed by atoms with Crippen LogP contribution in [0.5, 0.6) is 5.75 Å². The van der Waals surface area contributed by atoms with Gasteiger partial charge in [-0.15, -0.1) is 10.2 Å². The number of hydrogen-bond donors (Lipinski definition) is 0. The topological polar surface area (TPSA) is 57.8 Å². The van der Waals surface area contributed by atoms with Crippen molar-refractivity contribution in [1.29, 1.82) is 0 Å². The number of rotatable bonds is 5. The van der Waals surface area contributed by atoms with Gasteiger partial charge >= 0.3 is 0 Å². The molecule has 0 bridgehead atoms. The molecular weight excluding hydrogens is 460 g/mol. The Kier molecular flexibility index (Phi) is 5.53. The smallest absolute Gasteiger partial charge is 0.165 e. The number of aryl methyl sites for hydroxylation is 1. The van der Waals surface area contributed by atoms with Gasteiger partial charge in [-0.3, -0.25) is 0 Å². The third-order valence-corrected chi connectivity index (χ3v) is 6.01. The minimum absolute atomic E-state index is 0.194. The molecule has 0 radical (unpaired) electrons. The monoisotopic (exact) mass is 479 g/mol. The summed E-state index contributed by atoms with van der Waals surface area (Å²) in [6, 6.07) is 10.3. The third kappa shape index (κ3) is 3.80. The second kappa shape index (κ2) is 8.53. The first-order valence-electron chi connectivity index (χ1n) is 10.5. The van der Waals surface area contributed by atoms with Gasteiger partial charge in [0.15, 0.2) is 5.82 Å². The molecule has 0 amide bonds. The lowest BCUT2D eigenvalue weighted by molar-refractivity contribution is 0.413. The van der Waals surface area contributed by atoms with Gasteiger partial charge in [0.25, 0.3) is 0 Å². The second-order valence-corrected chi connectivity index (χ2v) is 8.44. The Morgan fingerprint density at radius 3 is 2.59 bits per heavy atom. The third-order valence-electron chi connectivity index (χ3n) is 5.80. The normalized spacial score (nSPS) is 12.3. The molecule has 0 unspecified atom stereocenters. The van der Waals surface area contributed by atoms with Crippen LogP contribution in [0.1, 0.15) is 24.2 Å². The Morgan fingerprint density at radius 1 is 1.03 bits per heavy atom. The SMILES string of the molecule is COc1cc(-c2nnc3n([C@@H](C)c4cc(F)ccc4F)cc(Cl)cc2-3)ccc1-n1cnc(C)c1. The number of pyridine rings is 1. The quantitative estimate of drug-likeness (QED) is 0.306. The van der Waals surface area contributed by atoms with Crippen molar-refractivity contribution in [3.8, 4) is 34.1 Å². The Bertz CT molecular complexity index is 1480. The van der Waals surface area contributed by atoms with Crippen molar-refractivity contribution < 1.29 is 13.5 Å². The van der Waals surface area contributed by atoms with Gasteiger partial charge in [-0.05, 0) is 50.2 Å². The first kappa shape index (κ1) is 22.0. The Hall–Kier alpha value is -3.78. The lowest BCUT2D eigenvalue weighted by Crippen LogP contribution is -2.12. The maximum Gasteiger partial charge on any atom is 0.165 e. The van der Waals surface area contributed by atoms with E-state index in [0.29, 0.717) is 27.9 Å². The zero-order chi connectivity index (χ0) is 24.0. The number of halogens is 3. The molecule has 0 fully saturated rings. The van der Waals surface area contributed by atoms with Gasteiger partial charge in [-0.2, -0.15) is 0 Å². The van der Waals surface area contributed by atoms with Crippen molar-refractivity contribution in [1.82, 2.24) is 24.3 Å². The van der Waals surface area contributed by atoms with Crippen LogP contribution in [0.2, 0.25) is 5.02 Å². The maximum absolute atomic E-state index is 14.5. The fourth-order valence-electron chi connectivity index (χ4n) is 4.09. The molecule has 2 aliphatic heterocycles. The molecule has 3 heterocycles. The van der Waals surface area contributed by atoms with Gasteiger partial charge in [-0.25, -0.2) is 13.8 Å². The van der Waals surface area contributed by atoms with E-state index in [1.54, 1.807) is 37.2 Å². The van der Waals surface area contributed by atoms with Crippen molar-refractivity contribution in [3.63, 3.8) is 0 Å². The molecule has 1 atom stereocenters. The molecule has 5 rings (SSSR count). The number of aromatic nitrogens is 5. The summed E-state index contributed by atoms with van der Waals surface area (Å²) in [4.78, 5) is 4.27. The first-order chi connectivity index (χ1) is 16.4. The average molecular weight is 480 g/mol. The number of methoxy groups -OCH3 is 1. The largest absolute Gasteiger partial charge is 0.495 e. The van der Waals surface area contributed by atoms with E-state index in [2.05, 4.69) is 15.2 Å². The molecule has 9 heteroatoms. The molecule has 6 nitrogen and oxygen atoms in total. The van der Waals surface area contributed by atoms with Gasteiger partial charge in [-0.1, -0.05) is 17.7 Å². The number of ether oxygens (including phenoxy) is 1. The summed E-state index contributed by atoms with van der Waals surface area (Å²) in [5.74, 6) is 0.112. The van der Waals surface area contributed by atoms with Crippen molar-refractivity contribution in [2.75, 3.05) is 7.11 Å². The Labute approximate surface area is 199 Å². The molecule has 0 saturated carbocycles.